The highest BCUT2D eigenvalue weighted by Gasteiger charge is 2.24. The van der Waals surface area contributed by atoms with Gasteiger partial charge in [0.2, 0.25) is 0 Å². The topological polar surface area (TPSA) is 103 Å². The van der Waals surface area contributed by atoms with Gasteiger partial charge in [0.25, 0.3) is 0 Å². The number of ether oxygens (including phenoxy) is 7. The molecule has 0 saturated carbocycles. The summed E-state index contributed by atoms with van der Waals surface area (Å²) in [6.45, 7) is 83.6. The average molecular weight is 1420 g/mol. The van der Waals surface area contributed by atoms with Crippen LogP contribution in [0.1, 0.15) is 277 Å². The Kier molecular flexibility index (Phi) is 64.2. The second-order valence-corrected chi connectivity index (χ2v) is 37.0. The lowest BCUT2D eigenvalue weighted by Crippen LogP contribution is -2.41. The van der Waals surface area contributed by atoms with E-state index in [0.29, 0.717) is 6.04 Å². The third-order valence-electron chi connectivity index (χ3n) is 16.0. The first-order chi connectivity index (χ1) is 45.2. The number of piperidine rings is 3. The van der Waals surface area contributed by atoms with Crippen molar-refractivity contribution in [3.63, 3.8) is 0 Å². The van der Waals surface area contributed by atoms with Gasteiger partial charge in [-0.1, -0.05) is 34.1 Å². The number of hydrogen-bond donors (Lipinski definition) is 1. The molecule has 0 spiro atoms. The molecule has 0 aliphatic carbocycles. The van der Waals surface area contributed by atoms with Crippen molar-refractivity contribution in [1.82, 2.24) is 44.5 Å². The molecule has 99 heavy (non-hydrogen) atoms. The average Bonchev–Trinajstić information content (AvgIpc) is 0.926. The van der Waals surface area contributed by atoms with Gasteiger partial charge in [-0.05, 0) is 390 Å². The summed E-state index contributed by atoms with van der Waals surface area (Å²) in [5, 5.41) is 3.45. The monoisotopic (exact) mass is 1420 g/mol. The highest BCUT2D eigenvalue weighted by atomic mass is 16.5. The summed E-state index contributed by atoms with van der Waals surface area (Å²) in [4.78, 5) is 18.7. The minimum Gasteiger partial charge on any atom is -0.376 e. The molecule has 604 valence electrons. The van der Waals surface area contributed by atoms with Crippen LogP contribution < -0.4 is 5.32 Å². The largest absolute Gasteiger partial charge is 0.376 e. The molecule has 3 aliphatic rings. The van der Waals surface area contributed by atoms with Crippen molar-refractivity contribution in [2.75, 3.05) is 208 Å². The molecule has 0 aromatic rings. The van der Waals surface area contributed by atoms with Crippen LogP contribution in [0.4, 0.5) is 0 Å². The Morgan fingerprint density at radius 1 is 0.364 bits per heavy atom. The van der Waals surface area contributed by atoms with E-state index in [2.05, 4.69) is 302 Å². The summed E-state index contributed by atoms with van der Waals surface area (Å²) in [6.07, 6.45) is 16.3. The molecule has 1 N–H and O–H groups in total. The molecule has 3 unspecified atom stereocenters. The van der Waals surface area contributed by atoms with E-state index in [0.717, 1.165) is 136 Å². The lowest BCUT2D eigenvalue weighted by Gasteiger charge is -2.34. The van der Waals surface area contributed by atoms with E-state index in [4.69, 9.17) is 33.2 Å². The van der Waals surface area contributed by atoms with Gasteiger partial charge in [-0.2, -0.15) is 0 Å². The van der Waals surface area contributed by atoms with Gasteiger partial charge in [0.15, 0.2) is 0 Å². The van der Waals surface area contributed by atoms with E-state index >= 15 is 0 Å². The lowest BCUT2D eigenvalue weighted by molar-refractivity contribution is -0.0380. The summed E-state index contributed by atoms with van der Waals surface area (Å²) in [5.41, 5.74) is 0.410. The van der Waals surface area contributed by atoms with Crippen molar-refractivity contribution in [2.24, 2.45) is 11.8 Å². The maximum Gasteiger partial charge on any atom is 0.0628 e. The molecular weight excluding hydrogens is 1230 g/mol. The summed E-state index contributed by atoms with van der Waals surface area (Å²) in [5.74, 6) is 1.50. The lowest BCUT2D eigenvalue weighted by atomic mass is 9.99. The number of likely N-dealkylation sites (N-methyl/N-ethyl adjacent to an activating group) is 1. The number of likely N-dealkylation sites (tertiary alicyclic amines) is 3. The molecule has 0 amide bonds. The standard InChI is InChI=1S/C12H25NO.2C11H23NO.C11H25NO.2C10H23NO.C9H22N2.C9H21NO/c1-5-13-8-6-7-11(9-13)10-14-12(2,3)4;1-11(2,3)13-9-10-6-5-7-12(4)8-10;1-11(2,3)13-9-10-7-5-6-8-12(10)4;1-6-12(7-2)9-8-10-13-11(3,4)5;1-10(2,3)12-9-7-6-8-11(4)5;1-6-11(5)8-7-9-12-10(2,3)4;1-9(2,3)10-7-6-8-11(4)5;1-9(2,3)11-8-6-7-10(4)5/h11H,5-10H2,1-4H3;2*10H,5-9H2,1-4H3;6-10H2,1-5H3;2*6-9H2,1-5H3;10H,6-8H2,1-5H3;6-8H2,1-5H3. The fourth-order valence-electron chi connectivity index (χ4n) is 10.0. The number of rotatable bonds is 31. The third-order valence-corrected chi connectivity index (χ3v) is 16.0. The van der Waals surface area contributed by atoms with E-state index < -0.39 is 0 Å². The van der Waals surface area contributed by atoms with Crippen LogP contribution in [0, 0.1) is 11.8 Å². The second-order valence-electron chi connectivity index (χ2n) is 37.0. The second kappa shape index (κ2) is 59.4. The number of nitrogens with zero attached hydrogens (tertiary/aromatic N) is 8. The van der Waals surface area contributed by atoms with Gasteiger partial charge in [-0.25, -0.2) is 0 Å². The molecule has 3 heterocycles. The summed E-state index contributed by atoms with van der Waals surface area (Å²) < 4.78 is 39.8. The minimum atomic E-state index is 0.0122. The molecule has 3 fully saturated rings. The zero-order chi connectivity index (χ0) is 77.8. The molecule has 0 radical (unpaired) electrons. The van der Waals surface area contributed by atoms with Crippen molar-refractivity contribution in [1.29, 1.82) is 0 Å². The van der Waals surface area contributed by atoms with Crippen LogP contribution >= 0.6 is 0 Å². The quantitative estimate of drug-likeness (QED) is 0.0666. The van der Waals surface area contributed by atoms with Crippen molar-refractivity contribution >= 4 is 0 Å². The number of nitrogens with one attached hydrogen (secondary N) is 1. The van der Waals surface area contributed by atoms with Gasteiger partial charge in [-0.3, -0.25) is 0 Å². The first-order valence-electron chi connectivity index (χ1n) is 39.9. The zero-order valence-corrected chi connectivity index (χ0v) is 74.4. The highest BCUT2D eigenvalue weighted by Crippen LogP contribution is 2.21. The maximum absolute atomic E-state index is 5.83. The van der Waals surface area contributed by atoms with Crippen LogP contribution in [0.2, 0.25) is 0 Å². The summed E-state index contributed by atoms with van der Waals surface area (Å²) >= 11 is 0. The van der Waals surface area contributed by atoms with Gasteiger partial charge >= 0.3 is 0 Å². The Hall–Kier alpha value is -0.640. The Bertz CT molecular complexity index is 1690. The predicted octanol–water partition coefficient (Wildman–Crippen LogP) is 16.9. The van der Waals surface area contributed by atoms with Crippen molar-refractivity contribution in [3.8, 4) is 0 Å². The molecule has 16 heteroatoms. The molecule has 0 bridgehead atoms. The molecule has 3 atom stereocenters. The minimum absolute atomic E-state index is 0.0122. The smallest absolute Gasteiger partial charge is 0.0628 e. The van der Waals surface area contributed by atoms with E-state index in [-0.39, 0.29) is 44.7 Å². The van der Waals surface area contributed by atoms with Crippen LogP contribution in [-0.2, 0) is 33.2 Å². The van der Waals surface area contributed by atoms with Crippen LogP contribution in [0.3, 0.4) is 0 Å². The first-order valence-corrected chi connectivity index (χ1v) is 39.9. The summed E-state index contributed by atoms with van der Waals surface area (Å²) in [7, 11) is 19.1. The van der Waals surface area contributed by atoms with Gasteiger partial charge in [0.05, 0.1) is 59.0 Å². The third kappa shape index (κ3) is 93.4. The number of hydrogen-bond acceptors (Lipinski definition) is 16. The van der Waals surface area contributed by atoms with Crippen LogP contribution in [0.25, 0.3) is 0 Å². The molecule has 0 aromatic carbocycles. The predicted molar refractivity (Wildman–Crippen MR) is 437 cm³/mol. The van der Waals surface area contributed by atoms with Crippen LogP contribution in [-0.4, -0.2) is 298 Å². The molecule has 3 aliphatic heterocycles. The fourth-order valence-corrected chi connectivity index (χ4v) is 10.0. The first kappa shape index (κ1) is 107. The molecular formula is C83H185N9O7. The maximum atomic E-state index is 5.83. The van der Waals surface area contributed by atoms with Gasteiger partial charge < -0.3 is 77.7 Å². The normalized spacial score (nSPS) is 17.9. The van der Waals surface area contributed by atoms with E-state index in [9.17, 15) is 0 Å². The Labute approximate surface area is 622 Å². The summed E-state index contributed by atoms with van der Waals surface area (Å²) in [6, 6.07) is 0.646. The zero-order valence-electron chi connectivity index (χ0n) is 74.4. The van der Waals surface area contributed by atoms with Gasteiger partial charge in [-0.15, -0.1) is 0 Å². The fraction of sp³-hybridized carbons (Fsp3) is 1.00. The Morgan fingerprint density at radius 3 is 1.11 bits per heavy atom. The van der Waals surface area contributed by atoms with Crippen LogP contribution in [0.15, 0.2) is 0 Å². The van der Waals surface area contributed by atoms with Crippen molar-refractivity contribution in [3.05, 3.63) is 0 Å². The van der Waals surface area contributed by atoms with E-state index in [1.54, 1.807) is 0 Å². The van der Waals surface area contributed by atoms with Crippen molar-refractivity contribution in [2.45, 2.75) is 328 Å². The van der Waals surface area contributed by atoms with Gasteiger partial charge in [0, 0.05) is 64.2 Å². The van der Waals surface area contributed by atoms with Crippen LogP contribution in [0.5, 0.6) is 0 Å². The SMILES string of the molecule is CCN(C)CCCOC(C)(C)C.CCN(CC)CCCOC(C)(C)C.CCN1CCCC(COC(C)(C)C)C1.CN(C)CCCCOC(C)(C)C.CN(C)CCCNC(C)(C)C.CN(C)CCCOC(C)(C)C.CN1CCCC(COC(C)(C)C)C1.CN1CCCCC1COC(C)(C)C. The molecule has 3 saturated heterocycles. The Balaban J connectivity index is -0.000000341. The van der Waals surface area contributed by atoms with E-state index in [1.165, 1.54) is 104 Å². The highest BCUT2D eigenvalue weighted by molar-refractivity contribution is 4.77. The van der Waals surface area contributed by atoms with Crippen molar-refractivity contribution < 1.29 is 33.2 Å². The molecule has 16 nitrogen and oxygen atoms in total. The Morgan fingerprint density at radius 2 is 0.737 bits per heavy atom. The van der Waals surface area contributed by atoms with E-state index in [1.807, 2.05) is 0 Å². The molecule has 3 rings (SSSR count). The van der Waals surface area contributed by atoms with Gasteiger partial charge in [0.1, 0.15) is 0 Å². The molecule has 0 aromatic heterocycles. The number of unbranched alkanes of at least 4 members (excludes halogenated alkanes) is 1.